The highest BCUT2D eigenvalue weighted by molar-refractivity contribution is 6.30. The van der Waals surface area contributed by atoms with Gasteiger partial charge in [0.2, 0.25) is 11.8 Å². The Labute approximate surface area is 158 Å². The van der Waals surface area contributed by atoms with E-state index in [1.165, 1.54) is 6.42 Å². The van der Waals surface area contributed by atoms with Gasteiger partial charge in [-0.05, 0) is 42.5 Å². The van der Waals surface area contributed by atoms with Gasteiger partial charge < -0.3 is 4.74 Å². The average molecular weight is 403 g/mol. The second kappa shape index (κ2) is 8.16. The number of benzene rings is 1. The van der Waals surface area contributed by atoms with Crippen LogP contribution in [0.4, 0.5) is 19.1 Å². The van der Waals surface area contributed by atoms with Gasteiger partial charge in [-0.1, -0.05) is 30.9 Å². The largest absolute Gasteiger partial charge is 0.483 e. The van der Waals surface area contributed by atoms with E-state index in [-0.39, 0.29) is 6.61 Å². The fraction of sp³-hybridized carbons (Fsp3) is 0.471. The lowest BCUT2D eigenvalue weighted by Gasteiger charge is -2.24. The number of anilines is 1. The fourth-order valence-electron chi connectivity index (χ4n) is 3.13. The molecule has 2 N–H and O–H groups in total. The lowest BCUT2D eigenvalue weighted by Crippen LogP contribution is -2.21. The molecule has 0 spiro atoms. The van der Waals surface area contributed by atoms with Crippen molar-refractivity contribution in [2.75, 3.05) is 11.9 Å². The standard InChI is InChI=1S/C17H18ClF3N4O2/c18-11-6-7-13(12(8-11)10-4-2-1-3-5-10)27-9-14(26)22-16-23-15(24-25-16)17(19,20)21/h6-8,10H,1-5,9H2,(H2,22,23,24,25,26). The predicted molar refractivity (Wildman–Crippen MR) is 92.8 cm³/mol. The molecule has 0 saturated heterocycles. The highest BCUT2D eigenvalue weighted by atomic mass is 35.5. The van der Waals surface area contributed by atoms with Gasteiger partial charge in [-0.2, -0.15) is 18.2 Å². The minimum Gasteiger partial charge on any atom is -0.483 e. The number of hydrogen-bond acceptors (Lipinski definition) is 4. The molecule has 1 aromatic carbocycles. The van der Waals surface area contributed by atoms with Crippen molar-refractivity contribution in [1.29, 1.82) is 0 Å². The van der Waals surface area contributed by atoms with Crippen LogP contribution in [0.2, 0.25) is 5.02 Å². The Balaban J connectivity index is 1.62. The molecular formula is C17H18ClF3N4O2. The van der Waals surface area contributed by atoms with E-state index in [0.29, 0.717) is 16.7 Å². The van der Waals surface area contributed by atoms with Crippen LogP contribution in [0, 0.1) is 0 Å². The van der Waals surface area contributed by atoms with Gasteiger partial charge in [-0.15, -0.1) is 5.10 Å². The second-order valence-corrected chi connectivity index (χ2v) is 6.80. The molecule has 0 radical (unpaired) electrons. The summed E-state index contributed by atoms with van der Waals surface area (Å²) in [6, 6.07) is 5.22. The zero-order valence-electron chi connectivity index (χ0n) is 14.3. The SMILES string of the molecule is O=C(COc1ccc(Cl)cc1C1CCCCC1)Nc1n[nH]c(C(F)(F)F)n1. The van der Waals surface area contributed by atoms with Crippen LogP contribution in [0.5, 0.6) is 5.75 Å². The summed E-state index contributed by atoms with van der Waals surface area (Å²) in [4.78, 5) is 15.1. The number of nitrogens with one attached hydrogen (secondary N) is 2. The number of amides is 1. The third kappa shape index (κ3) is 5.12. The number of aromatic amines is 1. The number of alkyl halides is 3. The second-order valence-electron chi connectivity index (χ2n) is 6.36. The quantitative estimate of drug-likeness (QED) is 0.769. The summed E-state index contributed by atoms with van der Waals surface area (Å²) in [7, 11) is 0. The number of rotatable bonds is 5. The highest BCUT2D eigenvalue weighted by Crippen LogP contribution is 2.38. The van der Waals surface area contributed by atoms with Crippen molar-refractivity contribution < 1.29 is 22.7 Å². The van der Waals surface area contributed by atoms with Crippen molar-refractivity contribution in [3.8, 4) is 5.75 Å². The van der Waals surface area contributed by atoms with E-state index in [2.05, 4.69) is 15.4 Å². The molecule has 6 nitrogen and oxygen atoms in total. The number of aromatic nitrogens is 3. The van der Waals surface area contributed by atoms with E-state index >= 15 is 0 Å². The first-order valence-corrected chi connectivity index (χ1v) is 8.92. The van der Waals surface area contributed by atoms with E-state index in [4.69, 9.17) is 16.3 Å². The molecule has 1 heterocycles. The number of ether oxygens (including phenoxy) is 1. The summed E-state index contributed by atoms with van der Waals surface area (Å²) in [5.74, 6) is -1.53. The normalized spacial score (nSPS) is 15.6. The average Bonchev–Trinajstić information content (AvgIpc) is 3.10. The van der Waals surface area contributed by atoms with Gasteiger partial charge in [0.15, 0.2) is 6.61 Å². The first-order valence-electron chi connectivity index (χ1n) is 8.54. The van der Waals surface area contributed by atoms with Gasteiger partial charge >= 0.3 is 6.18 Å². The minimum atomic E-state index is -4.66. The van der Waals surface area contributed by atoms with Crippen molar-refractivity contribution in [3.05, 3.63) is 34.6 Å². The number of hydrogen-bond donors (Lipinski definition) is 2. The molecule has 0 unspecified atom stereocenters. The van der Waals surface area contributed by atoms with Crippen molar-refractivity contribution in [2.45, 2.75) is 44.2 Å². The van der Waals surface area contributed by atoms with Crippen molar-refractivity contribution in [1.82, 2.24) is 15.2 Å². The molecule has 1 amide bonds. The van der Waals surface area contributed by atoms with Crippen LogP contribution in [0.25, 0.3) is 0 Å². The van der Waals surface area contributed by atoms with Crippen LogP contribution in [-0.2, 0) is 11.0 Å². The molecule has 27 heavy (non-hydrogen) atoms. The van der Waals surface area contributed by atoms with E-state index in [0.717, 1.165) is 31.2 Å². The van der Waals surface area contributed by atoms with Gasteiger partial charge in [0.05, 0.1) is 0 Å². The first-order chi connectivity index (χ1) is 12.8. The van der Waals surface area contributed by atoms with Crippen molar-refractivity contribution >= 4 is 23.5 Å². The molecule has 3 rings (SSSR count). The summed E-state index contributed by atoms with van der Waals surface area (Å²) in [6.45, 7) is -0.378. The van der Waals surface area contributed by atoms with Crippen LogP contribution < -0.4 is 10.1 Å². The zero-order chi connectivity index (χ0) is 19.4. The summed E-state index contributed by atoms with van der Waals surface area (Å²) < 4.78 is 43.0. The van der Waals surface area contributed by atoms with Crippen molar-refractivity contribution in [3.63, 3.8) is 0 Å². The lowest BCUT2D eigenvalue weighted by atomic mass is 9.84. The predicted octanol–water partition coefficient (Wildman–Crippen LogP) is 4.54. The maximum Gasteiger partial charge on any atom is 0.451 e. The molecule has 2 aromatic rings. The van der Waals surface area contributed by atoms with Crippen molar-refractivity contribution in [2.24, 2.45) is 0 Å². The Kier molecular flexibility index (Phi) is 5.88. The molecule has 146 valence electrons. The molecule has 0 aliphatic heterocycles. The van der Waals surface area contributed by atoms with E-state index in [1.54, 1.807) is 17.2 Å². The fourth-order valence-corrected chi connectivity index (χ4v) is 3.31. The molecule has 1 aromatic heterocycles. The Hall–Kier alpha value is -2.29. The molecule has 0 atom stereocenters. The maximum absolute atomic E-state index is 12.5. The number of H-pyrrole nitrogens is 1. The van der Waals surface area contributed by atoms with Gasteiger partial charge in [-0.3, -0.25) is 15.2 Å². The van der Waals surface area contributed by atoms with Crippen LogP contribution in [0.15, 0.2) is 18.2 Å². The molecule has 0 bridgehead atoms. The van der Waals surface area contributed by atoms with E-state index < -0.39 is 23.9 Å². The molecule has 1 fully saturated rings. The summed E-state index contributed by atoms with van der Waals surface area (Å²) >= 11 is 6.10. The monoisotopic (exact) mass is 402 g/mol. The molecular weight excluding hydrogens is 385 g/mol. The summed E-state index contributed by atoms with van der Waals surface area (Å²) in [6.07, 6.45) is 0.852. The van der Waals surface area contributed by atoms with Crippen LogP contribution in [0.3, 0.4) is 0 Å². The Morgan fingerprint density at radius 1 is 1.30 bits per heavy atom. The van der Waals surface area contributed by atoms with Crippen LogP contribution in [-0.4, -0.2) is 27.7 Å². The molecule has 1 aliphatic rings. The Morgan fingerprint density at radius 2 is 2.04 bits per heavy atom. The van der Waals surface area contributed by atoms with Crippen LogP contribution >= 0.6 is 11.6 Å². The maximum atomic E-state index is 12.5. The van der Waals surface area contributed by atoms with E-state index in [9.17, 15) is 18.0 Å². The molecule has 1 saturated carbocycles. The smallest absolute Gasteiger partial charge is 0.451 e. The number of carbonyl (C=O) groups is 1. The molecule has 1 aliphatic carbocycles. The van der Waals surface area contributed by atoms with E-state index in [1.807, 2.05) is 6.07 Å². The summed E-state index contributed by atoms with van der Waals surface area (Å²) in [5.41, 5.74) is 0.951. The first kappa shape index (κ1) is 19.5. The third-order valence-corrected chi connectivity index (χ3v) is 4.62. The lowest BCUT2D eigenvalue weighted by molar-refractivity contribution is -0.144. The molecule has 10 heteroatoms. The Morgan fingerprint density at radius 3 is 2.70 bits per heavy atom. The minimum absolute atomic E-state index is 0.317. The number of carbonyl (C=O) groups excluding carboxylic acids is 1. The van der Waals surface area contributed by atoms with Crippen LogP contribution in [0.1, 0.15) is 49.4 Å². The van der Waals surface area contributed by atoms with Gasteiger partial charge in [-0.25, -0.2) is 0 Å². The van der Waals surface area contributed by atoms with Gasteiger partial charge in [0.1, 0.15) is 5.75 Å². The number of nitrogens with zero attached hydrogens (tertiary/aromatic N) is 2. The van der Waals surface area contributed by atoms with Gasteiger partial charge in [0.25, 0.3) is 5.91 Å². The topological polar surface area (TPSA) is 79.9 Å². The number of halogens is 4. The summed E-state index contributed by atoms with van der Waals surface area (Å²) in [5, 5.41) is 7.81. The Bertz CT molecular complexity index is 804. The third-order valence-electron chi connectivity index (χ3n) is 4.38. The highest BCUT2D eigenvalue weighted by Gasteiger charge is 2.35. The van der Waals surface area contributed by atoms with Gasteiger partial charge in [0, 0.05) is 5.02 Å². The zero-order valence-corrected chi connectivity index (χ0v) is 15.0.